The summed E-state index contributed by atoms with van der Waals surface area (Å²) in [7, 11) is 0. The fourth-order valence-electron chi connectivity index (χ4n) is 2.87. The van der Waals surface area contributed by atoms with Gasteiger partial charge in [-0.05, 0) is 18.8 Å². The molecule has 0 saturated carbocycles. The number of imide groups is 1. The molecule has 2 heterocycles. The van der Waals surface area contributed by atoms with Crippen molar-refractivity contribution in [1.29, 1.82) is 0 Å². The zero-order chi connectivity index (χ0) is 15.6. The van der Waals surface area contributed by atoms with Crippen LogP contribution in [0.2, 0.25) is 0 Å². The molecule has 1 fully saturated rings. The summed E-state index contributed by atoms with van der Waals surface area (Å²) < 4.78 is 1.78. The molecule has 0 radical (unpaired) electrons. The van der Waals surface area contributed by atoms with E-state index in [-0.39, 0.29) is 18.4 Å². The van der Waals surface area contributed by atoms with Gasteiger partial charge < -0.3 is 0 Å². The van der Waals surface area contributed by atoms with Crippen LogP contribution in [0.15, 0.2) is 6.33 Å². The minimum Gasteiger partial charge on any atom is -0.274 e. The number of rotatable bonds is 6. The summed E-state index contributed by atoms with van der Waals surface area (Å²) in [5, 5.41) is 4.18. The molecular weight excluding hydrogens is 268 g/mol. The maximum absolute atomic E-state index is 12.6. The molecule has 2 amide bonds. The van der Waals surface area contributed by atoms with E-state index in [1.807, 2.05) is 13.8 Å². The highest BCUT2D eigenvalue weighted by Crippen LogP contribution is 2.39. The fourth-order valence-corrected chi connectivity index (χ4v) is 2.87. The van der Waals surface area contributed by atoms with E-state index >= 15 is 0 Å². The topological polar surface area (TPSA) is 68.1 Å². The van der Waals surface area contributed by atoms with E-state index in [9.17, 15) is 9.59 Å². The van der Waals surface area contributed by atoms with Gasteiger partial charge in [-0.15, -0.1) is 0 Å². The lowest BCUT2D eigenvalue weighted by Crippen LogP contribution is -2.35. The van der Waals surface area contributed by atoms with Crippen molar-refractivity contribution in [3.63, 3.8) is 0 Å². The summed E-state index contributed by atoms with van der Waals surface area (Å²) in [4.78, 5) is 30.4. The Morgan fingerprint density at radius 3 is 2.48 bits per heavy atom. The Morgan fingerprint density at radius 2 is 1.95 bits per heavy atom. The van der Waals surface area contributed by atoms with Gasteiger partial charge in [-0.3, -0.25) is 14.5 Å². The summed E-state index contributed by atoms with van der Waals surface area (Å²) in [6.07, 6.45) is 3.19. The lowest BCUT2D eigenvalue weighted by molar-refractivity contribution is -0.142. The average molecular weight is 292 g/mol. The standard InChI is InChI=1S/C15H24N4O2/c1-5-15(6-2)7-13(20)18(14(15)21)9-12-16-10-17-19(12)8-11(3)4/h10-11H,5-9H2,1-4H3. The normalized spacial score (nSPS) is 18.0. The van der Waals surface area contributed by atoms with Crippen LogP contribution in [0.1, 0.15) is 52.8 Å². The maximum atomic E-state index is 12.6. The molecule has 6 heteroatoms. The van der Waals surface area contributed by atoms with Crippen molar-refractivity contribution >= 4 is 11.8 Å². The number of nitrogens with zero attached hydrogens (tertiary/aromatic N) is 4. The first-order valence-electron chi connectivity index (χ1n) is 7.65. The van der Waals surface area contributed by atoms with Crippen LogP contribution in [0.5, 0.6) is 0 Å². The van der Waals surface area contributed by atoms with Gasteiger partial charge in [0.2, 0.25) is 11.8 Å². The Kier molecular flexibility index (Phi) is 4.44. The van der Waals surface area contributed by atoms with Gasteiger partial charge in [0.15, 0.2) is 0 Å². The van der Waals surface area contributed by atoms with Crippen LogP contribution >= 0.6 is 0 Å². The van der Waals surface area contributed by atoms with Crippen molar-refractivity contribution in [3.8, 4) is 0 Å². The highest BCUT2D eigenvalue weighted by atomic mass is 16.2. The first-order valence-corrected chi connectivity index (χ1v) is 7.65. The molecule has 2 rings (SSSR count). The molecule has 0 aliphatic carbocycles. The van der Waals surface area contributed by atoms with Crippen LogP contribution in [-0.2, 0) is 22.7 Å². The molecule has 1 aliphatic rings. The summed E-state index contributed by atoms with van der Waals surface area (Å²) in [6.45, 7) is 9.09. The third kappa shape index (κ3) is 2.84. The highest BCUT2D eigenvalue weighted by molar-refractivity contribution is 6.05. The molecule has 0 aromatic carbocycles. The number of hydrogen-bond acceptors (Lipinski definition) is 4. The summed E-state index contributed by atoms with van der Waals surface area (Å²) in [5.41, 5.74) is -0.514. The minimum atomic E-state index is -0.514. The van der Waals surface area contributed by atoms with E-state index in [0.717, 1.165) is 6.54 Å². The van der Waals surface area contributed by atoms with Gasteiger partial charge >= 0.3 is 0 Å². The first-order chi connectivity index (χ1) is 9.93. The van der Waals surface area contributed by atoms with Crippen molar-refractivity contribution in [2.75, 3.05) is 0 Å². The van der Waals surface area contributed by atoms with Crippen molar-refractivity contribution in [1.82, 2.24) is 19.7 Å². The monoisotopic (exact) mass is 292 g/mol. The predicted molar refractivity (Wildman–Crippen MR) is 78.0 cm³/mol. The molecule has 1 saturated heterocycles. The van der Waals surface area contributed by atoms with Crippen molar-refractivity contribution in [2.24, 2.45) is 11.3 Å². The zero-order valence-electron chi connectivity index (χ0n) is 13.3. The largest absolute Gasteiger partial charge is 0.274 e. The molecule has 0 N–H and O–H groups in total. The third-order valence-electron chi connectivity index (χ3n) is 4.38. The van der Waals surface area contributed by atoms with E-state index < -0.39 is 5.41 Å². The number of likely N-dealkylation sites (tertiary alicyclic amines) is 1. The number of hydrogen-bond donors (Lipinski definition) is 0. The second-order valence-electron chi connectivity index (χ2n) is 6.20. The van der Waals surface area contributed by atoms with Crippen molar-refractivity contribution in [3.05, 3.63) is 12.2 Å². The van der Waals surface area contributed by atoms with Crippen LogP contribution in [-0.4, -0.2) is 31.5 Å². The van der Waals surface area contributed by atoms with Gasteiger partial charge in [-0.2, -0.15) is 5.10 Å². The van der Waals surface area contributed by atoms with Crippen molar-refractivity contribution in [2.45, 2.75) is 60.0 Å². The smallest absolute Gasteiger partial charge is 0.236 e. The van der Waals surface area contributed by atoms with Gasteiger partial charge in [0.05, 0.1) is 12.0 Å². The Bertz CT molecular complexity index is 532. The van der Waals surface area contributed by atoms with Crippen LogP contribution in [0.25, 0.3) is 0 Å². The molecule has 116 valence electrons. The van der Waals surface area contributed by atoms with Gasteiger partial charge in [-0.25, -0.2) is 9.67 Å². The van der Waals surface area contributed by atoms with Gasteiger partial charge in [0, 0.05) is 13.0 Å². The Morgan fingerprint density at radius 1 is 1.29 bits per heavy atom. The lowest BCUT2D eigenvalue weighted by Gasteiger charge is -2.23. The zero-order valence-corrected chi connectivity index (χ0v) is 13.3. The van der Waals surface area contributed by atoms with E-state index in [2.05, 4.69) is 23.9 Å². The van der Waals surface area contributed by atoms with E-state index in [1.54, 1.807) is 4.68 Å². The molecule has 1 aromatic rings. The van der Waals surface area contributed by atoms with Gasteiger partial charge in [-0.1, -0.05) is 27.7 Å². The average Bonchev–Trinajstić information content (AvgIpc) is 2.96. The number of aromatic nitrogens is 3. The first kappa shape index (κ1) is 15.7. The third-order valence-corrected chi connectivity index (χ3v) is 4.38. The predicted octanol–water partition coefficient (Wildman–Crippen LogP) is 2.00. The molecular formula is C15H24N4O2. The van der Waals surface area contributed by atoms with Gasteiger partial charge in [0.1, 0.15) is 12.2 Å². The van der Waals surface area contributed by atoms with E-state index in [4.69, 9.17) is 0 Å². The summed E-state index contributed by atoms with van der Waals surface area (Å²) >= 11 is 0. The minimum absolute atomic E-state index is 0.0587. The molecule has 1 aliphatic heterocycles. The van der Waals surface area contributed by atoms with E-state index in [1.165, 1.54) is 11.2 Å². The Hall–Kier alpha value is -1.72. The van der Waals surface area contributed by atoms with Crippen LogP contribution in [0, 0.1) is 11.3 Å². The second-order valence-corrected chi connectivity index (χ2v) is 6.20. The Balaban J connectivity index is 2.19. The van der Waals surface area contributed by atoms with E-state index in [0.29, 0.717) is 31.0 Å². The molecule has 21 heavy (non-hydrogen) atoms. The second kappa shape index (κ2) is 5.95. The number of carbonyl (C=O) groups is 2. The van der Waals surface area contributed by atoms with Gasteiger partial charge in [0.25, 0.3) is 0 Å². The molecule has 0 spiro atoms. The number of amides is 2. The molecule has 1 aromatic heterocycles. The quantitative estimate of drug-likeness (QED) is 0.752. The molecule has 0 bridgehead atoms. The SMILES string of the molecule is CCC1(CC)CC(=O)N(Cc2ncnn2CC(C)C)C1=O. The van der Waals surface area contributed by atoms with Crippen LogP contribution in [0.4, 0.5) is 0 Å². The summed E-state index contributed by atoms with van der Waals surface area (Å²) in [5.74, 6) is 0.952. The molecule has 0 atom stereocenters. The Labute approximate surface area is 125 Å². The molecule has 0 unspecified atom stereocenters. The van der Waals surface area contributed by atoms with Crippen molar-refractivity contribution < 1.29 is 9.59 Å². The van der Waals surface area contributed by atoms with Crippen LogP contribution < -0.4 is 0 Å². The van der Waals surface area contributed by atoms with Crippen LogP contribution in [0.3, 0.4) is 0 Å². The molecule has 6 nitrogen and oxygen atoms in total. The maximum Gasteiger partial charge on any atom is 0.236 e. The lowest BCUT2D eigenvalue weighted by atomic mass is 9.81. The summed E-state index contributed by atoms with van der Waals surface area (Å²) in [6, 6.07) is 0. The number of carbonyl (C=O) groups excluding carboxylic acids is 2. The highest BCUT2D eigenvalue weighted by Gasteiger charge is 2.49. The fraction of sp³-hybridized carbons (Fsp3) is 0.733.